The molecule has 0 aliphatic carbocycles. The van der Waals surface area contributed by atoms with Crippen LogP contribution in [0, 0.1) is 0 Å². The van der Waals surface area contributed by atoms with E-state index in [0.29, 0.717) is 17.1 Å². The first-order chi connectivity index (χ1) is 10.2. The number of thiophene rings is 1. The van der Waals surface area contributed by atoms with Gasteiger partial charge >= 0.3 is 0 Å². The maximum Gasteiger partial charge on any atom is 0.263 e. The van der Waals surface area contributed by atoms with Gasteiger partial charge < -0.3 is 15.8 Å². The number of rotatable bonds is 4. The summed E-state index contributed by atoms with van der Waals surface area (Å²) >= 11 is 2.87. The summed E-state index contributed by atoms with van der Waals surface area (Å²) in [6.07, 6.45) is 1.74. The Labute approximate surface area is 129 Å². The second kappa shape index (κ2) is 5.71. The first-order valence-electron chi connectivity index (χ1n) is 6.20. The molecular weight excluding hydrogens is 306 g/mol. The molecule has 0 atom stereocenters. The minimum atomic E-state index is -0.166. The van der Waals surface area contributed by atoms with Crippen molar-refractivity contribution in [3.05, 3.63) is 39.7 Å². The molecule has 0 saturated heterocycles. The van der Waals surface area contributed by atoms with Crippen LogP contribution in [0.1, 0.15) is 14.5 Å². The number of ether oxygens (including phenoxy) is 1. The molecule has 0 bridgehead atoms. The van der Waals surface area contributed by atoms with E-state index in [0.717, 1.165) is 20.7 Å². The number of nitrogens with one attached hydrogen (secondary N) is 1. The molecule has 1 aromatic carbocycles. The minimum Gasteiger partial charge on any atom is -0.497 e. The van der Waals surface area contributed by atoms with E-state index in [9.17, 15) is 4.79 Å². The summed E-state index contributed by atoms with van der Waals surface area (Å²) < 4.78 is 6.13. The lowest BCUT2D eigenvalue weighted by Gasteiger charge is -2.02. The Kier molecular flexibility index (Phi) is 3.76. The number of nitrogen functional groups attached to an aromatic ring is 1. The van der Waals surface area contributed by atoms with Crippen LogP contribution >= 0.6 is 22.7 Å². The van der Waals surface area contributed by atoms with E-state index in [-0.39, 0.29) is 5.91 Å². The first-order valence-corrected chi connectivity index (χ1v) is 7.90. The van der Waals surface area contributed by atoms with Crippen molar-refractivity contribution in [2.24, 2.45) is 0 Å². The lowest BCUT2D eigenvalue weighted by molar-refractivity contribution is 0.0956. The predicted molar refractivity (Wildman–Crippen MR) is 86.1 cm³/mol. The van der Waals surface area contributed by atoms with Gasteiger partial charge in [0.25, 0.3) is 5.91 Å². The summed E-state index contributed by atoms with van der Waals surface area (Å²) in [5.41, 5.74) is 8.33. The van der Waals surface area contributed by atoms with Gasteiger partial charge in [-0.05, 0) is 18.2 Å². The van der Waals surface area contributed by atoms with Gasteiger partial charge in [-0.3, -0.25) is 9.78 Å². The molecule has 1 amide bonds. The van der Waals surface area contributed by atoms with E-state index in [1.165, 1.54) is 22.7 Å². The van der Waals surface area contributed by atoms with Crippen LogP contribution in [-0.2, 0) is 6.54 Å². The highest BCUT2D eigenvalue weighted by Crippen LogP contribution is 2.35. The molecule has 0 unspecified atom stereocenters. The molecule has 0 spiro atoms. The molecule has 3 aromatic rings. The number of hydrogen-bond acceptors (Lipinski definition) is 6. The van der Waals surface area contributed by atoms with Crippen LogP contribution in [0.25, 0.3) is 10.1 Å². The van der Waals surface area contributed by atoms with E-state index in [1.807, 2.05) is 18.2 Å². The maximum absolute atomic E-state index is 12.3. The number of nitrogens with zero attached hydrogens (tertiary/aromatic N) is 1. The SMILES string of the molecule is COc1ccc2c(N)c(C(=O)NCc3cncs3)sc2c1. The molecule has 0 radical (unpaired) electrons. The highest BCUT2D eigenvalue weighted by Gasteiger charge is 2.16. The third-order valence-corrected chi connectivity index (χ3v) is 5.00. The molecular formula is C14H13N3O2S2. The normalized spacial score (nSPS) is 10.7. The smallest absolute Gasteiger partial charge is 0.263 e. The zero-order chi connectivity index (χ0) is 14.8. The van der Waals surface area contributed by atoms with Crippen LogP contribution in [-0.4, -0.2) is 18.0 Å². The predicted octanol–water partition coefficient (Wildman–Crippen LogP) is 2.88. The monoisotopic (exact) mass is 319 g/mol. The van der Waals surface area contributed by atoms with E-state index >= 15 is 0 Å². The van der Waals surface area contributed by atoms with Crippen LogP contribution in [0.3, 0.4) is 0 Å². The number of nitrogens with two attached hydrogens (primary N) is 1. The molecule has 0 saturated carbocycles. The quantitative estimate of drug-likeness (QED) is 0.775. The fourth-order valence-electron chi connectivity index (χ4n) is 1.97. The molecule has 0 aliphatic heterocycles. The van der Waals surface area contributed by atoms with Crippen LogP contribution in [0.5, 0.6) is 5.75 Å². The van der Waals surface area contributed by atoms with Crippen molar-refractivity contribution in [2.45, 2.75) is 6.54 Å². The molecule has 21 heavy (non-hydrogen) atoms. The molecule has 7 heteroatoms. The zero-order valence-electron chi connectivity index (χ0n) is 11.3. The van der Waals surface area contributed by atoms with Crippen molar-refractivity contribution in [3.63, 3.8) is 0 Å². The Bertz CT molecular complexity index is 781. The van der Waals surface area contributed by atoms with Crippen molar-refractivity contribution in [1.82, 2.24) is 10.3 Å². The summed E-state index contributed by atoms with van der Waals surface area (Å²) in [6.45, 7) is 0.459. The van der Waals surface area contributed by atoms with Crippen LogP contribution in [0.2, 0.25) is 0 Å². The van der Waals surface area contributed by atoms with Gasteiger partial charge in [0.1, 0.15) is 10.6 Å². The second-order valence-electron chi connectivity index (χ2n) is 4.36. The van der Waals surface area contributed by atoms with Gasteiger partial charge in [-0.1, -0.05) is 0 Å². The van der Waals surface area contributed by atoms with E-state index in [2.05, 4.69) is 10.3 Å². The fourth-order valence-corrected chi connectivity index (χ4v) is 3.57. The summed E-state index contributed by atoms with van der Waals surface area (Å²) in [5, 5.41) is 3.74. The van der Waals surface area contributed by atoms with Gasteiger partial charge in [0, 0.05) is 21.2 Å². The van der Waals surface area contributed by atoms with Gasteiger partial charge in [-0.15, -0.1) is 22.7 Å². The summed E-state index contributed by atoms with van der Waals surface area (Å²) in [7, 11) is 1.61. The third kappa shape index (κ3) is 2.70. The Morgan fingerprint density at radius 2 is 2.33 bits per heavy atom. The topological polar surface area (TPSA) is 77.2 Å². The molecule has 108 valence electrons. The standard InChI is InChI=1S/C14H13N3O2S2/c1-19-8-2-3-10-11(4-8)21-13(12(10)15)14(18)17-6-9-5-16-7-20-9/h2-5,7H,6,15H2,1H3,(H,17,18). The highest BCUT2D eigenvalue weighted by molar-refractivity contribution is 7.21. The average molecular weight is 319 g/mol. The first kappa shape index (κ1) is 13.8. The van der Waals surface area contributed by atoms with Crippen molar-refractivity contribution in [1.29, 1.82) is 0 Å². The molecule has 5 nitrogen and oxygen atoms in total. The number of methoxy groups -OCH3 is 1. The van der Waals surface area contributed by atoms with E-state index < -0.39 is 0 Å². The number of hydrogen-bond donors (Lipinski definition) is 2. The van der Waals surface area contributed by atoms with Crippen LogP contribution < -0.4 is 15.8 Å². The van der Waals surface area contributed by atoms with Crippen molar-refractivity contribution in [3.8, 4) is 5.75 Å². The van der Waals surface area contributed by atoms with E-state index in [1.54, 1.807) is 18.8 Å². The summed E-state index contributed by atoms with van der Waals surface area (Å²) in [4.78, 5) is 17.8. The van der Waals surface area contributed by atoms with Crippen LogP contribution in [0.4, 0.5) is 5.69 Å². The zero-order valence-corrected chi connectivity index (χ0v) is 12.9. The number of carbonyl (C=O) groups is 1. The Morgan fingerprint density at radius 3 is 3.05 bits per heavy atom. The van der Waals surface area contributed by atoms with Crippen LogP contribution in [0.15, 0.2) is 29.9 Å². The Morgan fingerprint density at radius 1 is 1.48 bits per heavy atom. The average Bonchev–Trinajstić information content (AvgIpc) is 3.12. The van der Waals surface area contributed by atoms with Gasteiger partial charge in [0.05, 0.1) is 24.9 Å². The second-order valence-corrected chi connectivity index (χ2v) is 6.38. The minimum absolute atomic E-state index is 0.166. The Hall–Kier alpha value is -2.12. The molecule has 2 heterocycles. The van der Waals surface area contributed by atoms with Crippen molar-refractivity contribution < 1.29 is 9.53 Å². The number of amides is 1. The number of fused-ring (bicyclic) bond motifs is 1. The lowest BCUT2D eigenvalue weighted by Crippen LogP contribution is -2.22. The number of thiazole rings is 1. The molecule has 3 rings (SSSR count). The Balaban J connectivity index is 1.85. The van der Waals surface area contributed by atoms with Gasteiger partial charge in [-0.2, -0.15) is 0 Å². The van der Waals surface area contributed by atoms with Gasteiger partial charge in [0.2, 0.25) is 0 Å². The van der Waals surface area contributed by atoms with Gasteiger partial charge in [0.15, 0.2) is 0 Å². The molecule has 0 fully saturated rings. The van der Waals surface area contributed by atoms with Crippen molar-refractivity contribution >= 4 is 44.4 Å². The highest BCUT2D eigenvalue weighted by atomic mass is 32.1. The molecule has 3 N–H and O–H groups in total. The van der Waals surface area contributed by atoms with Crippen molar-refractivity contribution in [2.75, 3.05) is 12.8 Å². The largest absolute Gasteiger partial charge is 0.497 e. The third-order valence-electron chi connectivity index (χ3n) is 3.05. The number of anilines is 1. The number of benzene rings is 1. The summed E-state index contributed by atoms with van der Waals surface area (Å²) in [6, 6.07) is 5.60. The summed E-state index contributed by atoms with van der Waals surface area (Å²) in [5.74, 6) is 0.585. The van der Waals surface area contributed by atoms with Gasteiger partial charge in [-0.25, -0.2) is 0 Å². The fraction of sp³-hybridized carbons (Fsp3) is 0.143. The maximum atomic E-state index is 12.3. The number of carbonyl (C=O) groups excluding carboxylic acids is 1. The molecule has 2 aromatic heterocycles. The lowest BCUT2D eigenvalue weighted by atomic mass is 10.2. The molecule has 0 aliphatic rings. The van der Waals surface area contributed by atoms with E-state index in [4.69, 9.17) is 10.5 Å². The number of aromatic nitrogens is 1.